The van der Waals surface area contributed by atoms with Gasteiger partial charge in [0, 0.05) is 0 Å². The van der Waals surface area contributed by atoms with Crippen LogP contribution in [0.2, 0.25) is 0 Å². The average molecular weight is 354 g/mol. The third-order valence-electron chi connectivity index (χ3n) is 2.82. The van der Waals surface area contributed by atoms with Crippen LogP contribution in [0.25, 0.3) is 0 Å². The number of rotatable bonds is 7. The molecule has 6 heteroatoms. The molecule has 0 spiro atoms. The predicted octanol–water partition coefficient (Wildman–Crippen LogP) is 1.73. The molecular formula is C15H17NO4Se. The van der Waals surface area contributed by atoms with Gasteiger partial charge in [-0.15, -0.1) is 0 Å². The molecule has 0 aliphatic heterocycles. The van der Waals surface area contributed by atoms with Crippen LogP contribution in [-0.4, -0.2) is 30.8 Å². The van der Waals surface area contributed by atoms with E-state index in [9.17, 15) is 7.67 Å². The number of hydrogen-bond acceptors (Lipinski definition) is 4. The zero-order valence-electron chi connectivity index (χ0n) is 11.7. The van der Waals surface area contributed by atoms with Crippen molar-refractivity contribution in [3.63, 3.8) is 0 Å². The predicted molar refractivity (Wildman–Crippen MR) is 78.1 cm³/mol. The van der Waals surface area contributed by atoms with Gasteiger partial charge in [0.05, 0.1) is 0 Å². The summed E-state index contributed by atoms with van der Waals surface area (Å²) in [5.41, 5.74) is 0.972. The molecule has 2 aromatic rings. The molecule has 2 aromatic carbocycles. The summed E-state index contributed by atoms with van der Waals surface area (Å²) in [7, 11) is 1.32. The summed E-state index contributed by atoms with van der Waals surface area (Å²) in [5.74, 6) is 0. The van der Waals surface area contributed by atoms with Gasteiger partial charge in [0.1, 0.15) is 0 Å². The molecule has 0 heterocycles. The minimum absolute atomic E-state index is 0.146. The first-order valence-corrected chi connectivity index (χ1v) is 9.40. The molecule has 0 fully saturated rings. The number of hydroxylamine groups is 1. The second-order valence-corrected chi connectivity index (χ2v) is 8.10. The molecular weight excluding hydrogens is 337 g/mol. The van der Waals surface area contributed by atoms with E-state index in [2.05, 4.69) is 0 Å². The van der Waals surface area contributed by atoms with E-state index >= 15 is 0 Å². The van der Waals surface area contributed by atoms with Crippen LogP contribution < -0.4 is 4.46 Å². The molecule has 0 aliphatic rings. The van der Waals surface area contributed by atoms with E-state index in [1.54, 1.807) is 30.3 Å². The monoisotopic (exact) mass is 355 g/mol. The van der Waals surface area contributed by atoms with Gasteiger partial charge in [-0.25, -0.2) is 0 Å². The Kier molecular flexibility index (Phi) is 5.61. The van der Waals surface area contributed by atoms with E-state index in [1.165, 1.54) is 7.11 Å². The molecule has 0 aromatic heterocycles. The molecule has 5 nitrogen and oxygen atoms in total. The van der Waals surface area contributed by atoms with Crippen molar-refractivity contribution in [1.29, 1.82) is 0 Å². The van der Waals surface area contributed by atoms with E-state index in [1.807, 2.05) is 30.3 Å². The van der Waals surface area contributed by atoms with Gasteiger partial charge in [-0.3, -0.25) is 0 Å². The van der Waals surface area contributed by atoms with Crippen LogP contribution in [0.15, 0.2) is 60.7 Å². The molecule has 0 bridgehead atoms. The third kappa shape index (κ3) is 4.20. The summed E-state index contributed by atoms with van der Waals surface area (Å²) >= 11 is -4.56. The summed E-state index contributed by atoms with van der Waals surface area (Å²) < 4.78 is 31.4. The Labute approximate surface area is 125 Å². The fourth-order valence-corrected chi connectivity index (χ4v) is 4.15. The van der Waals surface area contributed by atoms with Crippen LogP contribution in [-0.2, 0) is 23.9 Å². The van der Waals surface area contributed by atoms with E-state index in [4.69, 9.17) is 9.57 Å². The number of hydrogen-bond donors (Lipinski definition) is 0. The van der Waals surface area contributed by atoms with E-state index in [0.717, 1.165) is 9.64 Å². The zero-order valence-corrected chi connectivity index (χ0v) is 13.4. The molecule has 0 saturated carbocycles. The van der Waals surface area contributed by atoms with Crippen molar-refractivity contribution in [3.8, 4) is 0 Å². The normalized spacial score (nSPS) is 11.7. The summed E-state index contributed by atoms with van der Waals surface area (Å²) in [5, 5.41) is 0. The minimum atomic E-state index is -4.56. The topological polar surface area (TPSA) is 55.8 Å². The standard InChI is InChI=1S/C15H17NO4Se/c1-19-16(13-20-12-14-8-4-2-5-9-14)21(17,18)15-10-6-3-7-11-15/h2-11H,12-13H2,1H3. The van der Waals surface area contributed by atoms with Crippen molar-refractivity contribution in [2.75, 3.05) is 13.8 Å². The van der Waals surface area contributed by atoms with Gasteiger partial charge < -0.3 is 0 Å². The van der Waals surface area contributed by atoms with Crippen LogP contribution in [0.5, 0.6) is 0 Å². The van der Waals surface area contributed by atoms with Gasteiger partial charge in [-0.05, 0) is 0 Å². The Bertz CT molecular complexity index is 644. The SMILES string of the molecule is CON(COCc1ccccc1)[Se](=O)(=O)c1ccccc1. The van der Waals surface area contributed by atoms with Crippen molar-refractivity contribution in [3.05, 3.63) is 66.2 Å². The molecule has 0 amide bonds. The first kappa shape index (κ1) is 15.8. The van der Waals surface area contributed by atoms with Gasteiger partial charge in [-0.2, -0.15) is 0 Å². The molecule has 21 heavy (non-hydrogen) atoms. The molecule has 0 radical (unpaired) electrons. The van der Waals surface area contributed by atoms with Crippen molar-refractivity contribution in [2.45, 2.75) is 6.61 Å². The van der Waals surface area contributed by atoms with E-state index in [0.29, 0.717) is 6.61 Å². The summed E-state index contributed by atoms with van der Waals surface area (Å²) in [4.78, 5) is 4.96. The van der Waals surface area contributed by atoms with Crippen molar-refractivity contribution >= 4 is 17.4 Å². The fraction of sp³-hybridized carbons (Fsp3) is 0.200. The molecule has 0 unspecified atom stereocenters. The maximum atomic E-state index is 12.4. The molecule has 0 aliphatic carbocycles. The first-order valence-electron chi connectivity index (χ1n) is 6.38. The first-order chi connectivity index (χ1) is 10.1. The number of ether oxygens (including phenoxy) is 1. The second-order valence-electron chi connectivity index (χ2n) is 4.27. The average Bonchev–Trinajstić information content (AvgIpc) is 2.53. The van der Waals surface area contributed by atoms with E-state index < -0.39 is 12.9 Å². The van der Waals surface area contributed by atoms with Gasteiger partial charge in [0.2, 0.25) is 0 Å². The molecule has 2 rings (SSSR count). The number of nitrogens with zero attached hydrogens (tertiary/aromatic N) is 1. The van der Waals surface area contributed by atoms with Gasteiger partial charge >= 0.3 is 125 Å². The van der Waals surface area contributed by atoms with Gasteiger partial charge in [0.15, 0.2) is 0 Å². The summed E-state index contributed by atoms with van der Waals surface area (Å²) in [6.07, 6.45) is 0. The van der Waals surface area contributed by atoms with Crippen molar-refractivity contribution in [1.82, 2.24) is 4.08 Å². The van der Waals surface area contributed by atoms with Crippen LogP contribution in [0.4, 0.5) is 0 Å². The van der Waals surface area contributed by atoms with Crippen LogP contribution in [0.3, 0.4) is 0 Å². The zero-order chi connectivity index (χ0) is 15.1. The Morgan fingerprint density at radius 2 is 1.52 bits per heavy atom. The molecule has 0 atom stereocenters. The summed E-state index contributed by atoms with van der Waals surface area (Å²) in [6, 6.07) is 17.7. The molecule has 112 valence electrons. The fourth-order valence-electron chi connectivity index (χ4n) is 1.74. The summed E-state index contributed by atoms with van der Waals surface area (Å²) in [6.45, 7) is 0.177. The third-order valence-corrected chi connectivity index (χ3v) is 6.30. The van der Waals surface area contributed by atoms with Gasteiger partial charge in [0.25, 0.3) is 0 Å². The van der Waals surface area contributed by atoms with Crippen LogP contribution >= 0.6 is 0 Å². The van der Waals surface area contributed by atoms with E-state index in [-0.39, 0.29) is 11.2 Å². The Balaban J connectivity index is 2.00. The van der Waals surface area contributed by atoms with Crippen molar-refractivity contribution in [2.24, 2.45) is 0 Å². The van der Waals surface area contributed by atoms with Crippen LogP contribution in [0, 0.1) is 0 Å². The van der Waals surface area contributed by atoms with Crippen molar-refractivity contribution < 1.29 is 17.2 Å². The maximum absolute atomic E-state index is 12.4. The number of benzene rings is 2. The quantitative estimate of drug-likeness (QED) is 0.431. The van der Waals surface area contributed by atoms with Gasteiger partial charge in [-0.1, -0.05) is 0 Å². The Morgan fingerprint density at radius 3 is 2.10 bits per heavy atom. The van der Waals surface area contributed by atoms with Crippen LogP contribution in [0.1, 0.15) is 5.56 Å². The molecule has 0 saturated heterocycles. The second kappa shape index (κ2) is 7.45. The molecule has 0 N–H and O–H groups in total. The Morgan fingerprint density at radius 1 is 0.952 bits per heavy atom. The Hall–Kier alpha value is -1.56.